The van der Waals surface area contributed by atoms with E-state index in [1.807, 2.05) is 0 Å². The average molecular weight is 251 g/mol. The first kappa shape index (κ1) is 14.4. The molecular weight excluding hydrogens is 218 g/mol. The van der Waals surface area contributed by atoms with E-state index in [1.165, 1.54) is 57.8 Å². The molecule has 2 rings (SSSR count). The van der Waals surface area contributed by atoms with Crippen LogP contribution in [0.4, 0.5) is 0 Å². The van der Waals surface area contributed by atoms with Crippen LogP contribution in [-0.4, -0.2) is 5.54 Å². The second kappa shape index (κ2) is 4.81. The van der Waals surface area contributed by atoms with Crippen molar-refractivity contribution in [2.45, 2.75) is 91.0 Å². The van der Waals surface area contributed by atoms with Crippen molar-refractivity contribution >= 4 is 0 Å². The highest BCUT2D eigenvalue weighted by Gasteiger charge is 2.48. The molecule has 0 aromatic rings. The SMILES string of the molecule is CC1(C)CC(C)(C)CC(N)(C2CCCCCC2)C1. The lowest BCUT2D eigenvalue weighted by atomic mass is 9.55. The Labute approximate surface area is 114 Å². The van der Waals surface area contributed by atoms with Crippen molar-refractivity contribution in [1.29, 1.82) is 0 Å². The maximum Gasteiger partial charge on any atom is 0.0193 e. The summed E-state index contributed by atoms with van der Waals surface area (Å²) in [4.78, 5) is 0. The first-order valence-corrected chi connectivity index (χ1v) is 8.02. The van der Waals surface area contributed by atoms with Crippen molar-refractivity contribution in [3.8, 4) is 0 Å². The van der Waals surface area contributed by atoms with Gasteiger partial charge in [0.2, 0.25) is 0 Å². The number of hydrogen-bond acceptors (Lipinski definition) is 1. The second-order valence-corrected chi connectivity index (χ2v) is 8.78. The molecule has 0 bridgehead atoms. The van der Waals surface area contributed by atoms with Crippen LogP contribution in [-0.2, 0) is 0 Å². The molecule has 0 radical (unpaired) electrons. The molecule has 0 saturated heterocycles. The van der Waals surface area contributed by atoms with Crippen LogP contribution < -0.4 is 5.73 Å². The molecule has 106 valence electrons. The van der Waals surface area contributed by atoms with Crippen molar-refractivity contribution in [3.05, 3.63) is 0 Å². The van der Waals surface area contributed by atoms with E-state index in [1.54, 1.807) is 0 Å². The Morgan fingerprint density at radius 1 is 0.722 bits per heavy atom. The average Bonchev–Trinajstić information content (AvgIpc) is 2.38. The zero-order valence-electron chi connectivity index (χ0n) is 13.0. The third-order valence-corrected chi connectivity index (χ3v) is 5.24. The lowest BCUT2D eigenvalue weighted by Crippen LogP contribution is -2.56. The van der Waals surface area contributed by atoms with E-state index >= 15 is 0 Å². The summed E-state index contributed by atoms with van der Waals surface area (Å²) in [6.45, 7) is 9.69. The molecule has 0 unspecified atom stereocenters. The van der Waals surface area contributed by atoms with Crippen LogP contribution in [0.3, 0.4) is 0 Å². The third kappa shape index (κ3) is 3.29. The second-order valence-electron chi connectivity index (χ2n) is 8.78. The molecule has 1 nitrogen and oxygen atoms in total. The summed E-state index contributed by atoms with van der Waals surface area (Å²) in [7, 11) is 0. The third-order valence-electron chi connectivity index (χ3n) is 5.24. The van der Waals surface area contributed by atoms with E-state index in [4.69, 9.17) is 5.73 Å². The van der Waals surface area contributed by atoms with Gasteiger partial charge in [-0.15, -0.1) is 0 Å². The van der Waals surface area contributed by atoms with Gasteiger partial charge in [0, 0.05) is 5.54 Å². The molecule has 18 heavy (non-hydrogen) atoms. The van der Waals surface area contributed by atoms with E-state index in [-0.39, 0.29) is 5.54 Å². The first-order chi connectivity index (χ1) is 8.23. The Kier molecular flexibility index (Phi) is 3.84. The normalized spacial score (nSPS) is 31.8. The van der Waals surface area contributed by atoms with Crippen LogP contribution in [0.15, 0.2) is 0 Å². The maximum absolute atomic E-state index is 6.95. The highest BCUT2D eigenvalue weighted by Crippen LogP contribution is 2.53. The molecule has 0 heterocycles. The van der Waals surface area contributed by atoms with Gasteiger partial charge in [-0.25, -0.2) is 0 Å². The molecule has 2 aliphatic rings. The Morgan fingerprint density at radius 2 is 1.17 bits per heavy atom. The van der Waals surface area contributed by atoms with Gasteiger partial charge < -0.3 is 5.73 Å². The number of nitrogens with two attached hydrogens (primary N) is 1. The molecule has 2 N–H and O–H groups in total. The minimum Gasteiger partial charge on any atom is -0.325 e. The molecule has 0 atom stereocenters. The standard InChI is InChI=1S/C17H33N/c1-15(2)11-16(3,4)13-17(18,12-15)14-9-7-5-6-8-10-14/h14H,5-13,18H2,1-4H3. The van der Waals surface area contributed by atoms with Crippen molar-refractivity contribution in [2.75, 3.05) is 0 Å². The molecule has 0 spiro atoms. The summed E-state index contributed by atoms with van der Waals surface area (Å²) in [6.07, 6.45) is 12.2. The monoisotopic (exact) mass is 251 g/mol. The van der Waals surface area contributed by atoms with E-state index < -0.39 is 0 Å². The van der Waals surface area contributed by atoms with Gasteiger partial charge in [0.15, 0.2) is 0 Å². The molecule has 0 aromatic heterocycles. The van der Waals surface area contributed by atoms with Crippen LogP contribution in [0.5, 0.6) is 0 Å². The summed E-state index contributed by atoms with van der Waals surface area (Å²) in [5.74, 6) is 0.777. The molecule has 0 aliphatic heterocycles. The highest BCUT2D eigenvalue weighted by atomic mass is 14.8. The molecule has 1 heteroatoms. The predicted octanol–water partition coefficient (Wildman–Crippen LogP) is 4.89. The predicted molar refractivity (Wildman–Crippen MR) is 79.5 cm³/mol. The Morgan fingerprint density at radius 3 is 1.61 bits per heavy atom. The fraction of sp³-hybridized carbons (Fsp3) is 1.00. The number of hydrogen-bond donors (Lipinski definition) is 1. The van der Waals surface area contributed by atoms with E-state index in [0.717, 1.165) is 5.92 Å². The van der Waals surface area contributed by atoms with Crippen molar-refractivity contribution in [2.24, 2.45) is 22.5 Å². The molecule has 2 aliphatic carbocycles. The van der Waals surface area contributed by atoms with Crippen LogP contribution in [0.25, 0.3) is 0 Å². The fourth-order valence-corrected chi connectivity index (χ4v) is 5.41. The first-order valence-electron chi connectivity index (χ1n) is 8.02. The Hall–Kier alpha value is -0.0400. The van der Waals surface area contributed by atoms with Gasteiger partial charge in [0.1, 0.15) is 0 Å². The van der Waals surface area contributed by atoms with E-state index in [9.17, 15) is 0 Å². The van der Waals surface area contributed by atoms with E-state index in [0.29, 0.717) is 10.8 Å². The molecule has 0 amide bonds. The molecular formula is C17H33N. The lowest BCUT2D eigenvalue weighted by Gasteiger charge is -2.53. The summed E-state index contributed by atoms with van der Waals surface area (Å²) >= 11 is 0. The quantitative estimate of drug-likeness (QED) is 0.660. The lowest BCUT2D eigenvalue weighted by molar-refractivity contribution is 0.0136. The van der Waals surface area contributed by atoms with Gasteiger partial charge in [-0.1, -0.05) is 53.4 Å². The maximum atomic E-state index is 6.95. The zero-order chi connectivity index (χ0) is 13.4. The van der Waals surface area contributed by atoms with Crippen LogP contribution in [0.1, 0.15) is 85.5 Å². The highest BCUT2D eigenvalue weighted by molar-refractivity contribution is 5.04. The van der Waals surface area contributed by atoms with Crippen molar-refractivity contribution < 1.29 is 0 Å². The van der Waals surface area contributed by atoms with Crippen molar-refractivity contribution in [1.82, 2.24) is 0 Å². The van der Waals surface area contributed by atoms with Crippen LogP contribution >= 0.6 is 0 Å². The summed E-state index contributed by atoms with van der Waals surface area (Å²) < 4.78 is 0. The van der Waals surface area contributed by atoms with E-state index in [2.05, 4.69) is 27.7 Å². The summed E-state index contributed by atoms with van der Waals surface area (Å²) in [6, 6.07) is 0. The molecule has 2 saturated carbocycles. The van der Waals surface area contributed by atoms with Gasteiger partial charge >= 0.3 is 0 Å². The van der Waals surface area contributed by atoms with Gasteiger partial charge in [0.25, 0.3) is 0 Å². The van der Waals surface area contributed by atoms with Gasteiger partial charge in [0.05, 0.1) is 0 Å². The summed E-state index contributed by atoms with van der Waals surface area (Å²) in [5.41, 5.74) is 7.90. The molecule has 2 fully saturated rings. The Balaban J connectivity index is 2.17. The molecule has 0 aromatic carbocycles. The largest absolute Gasteiger partial charge is 0.325 e. The number of rotatable bonds is 1. The fourth-order valence-electron chi connectivity index (χ4n) is 5.41. The summed E-state index contributed by atoms with van der Waals surface area (Å²) in [5, 5.41) is 0. The van der Waals surface area contributed by atoms with Crippen LogP contribution in [0, 0.1) is 16.7 Å². The van der Waals surface area contributed by atoms with Gasteiger partial charge in [-0.05, 0) is 48.9 Å². The minimum absolute atomic E-state index is 0.107. The smallest absolute Gasteiger partial charge is 0.0193 e. The topological polar surface area (TPSA) is 26.0 Å². The minimum atomic E-state index is 0.107. The zero-order valence-corrected chi connectivity index (χ0v) is 13.0. The van der Waals surface area contributed by atoms with Crippen LogP contribution in [0.2, 0.25) is 0 Å². The van der Waals surface area contributed by atoms with Crippen molar-refractivity contribution in [3.63, 3.8) is 0 Å². The van der Waals surface area contributed by atoms with Gasteiger partial charge in [-0.2, -0.15) is 0 Å². The Bertz CT molecular complexity index is 266. The van der Waals surface area contributed by atoms with Gasteiger partial charge in [-0.3, -0.25) is 0 Å².